The maximum Gasteiger partial charge on any atom is 0.260 e. The lowest BCUT2D eigenvalue weighted by Crippen LogP contribution is -2.29. The van der Waals surface area contributed by atoms with Crippen LogP contribution in [0.25, 0.3) is 33.4 Å². The topological polar surface area (TPSA) is 139 Å². The summed E-state index contributed by atoms with van der Waals surface area (Å²) < 4.78 is 1.60. The molecule has 0 amide bonds. The van der Waals surface area contributed by atoms with Crippen molar-refractivity contribution in [1.29, 1.82) is 0 Å². The second-order valence-electron chi connectivity index (χ2n) is 8.55. The van der Waals surface area contributed by atoms with E-state index in [1.165, 1.54) is 0 Å². The van der Waals surface area contributed by atoms with Gasteiger partial charge >= 0.3 is 0 Å². The summed E-state index contributed by atoms with van der Waals surface area (Å²) >= 11 is 6.69. The van der Waals surface area contributed by atoms with Gasteiger partial charge in [-0.15, -0.1) is 0 Å². The van der Waals surface area contributed by atoms with Crippen LogP contribution in [0.1, 0.15) is 18.5 Å². The van der Waals surface area contributed by atoms with Gasteiger partial charge in [0, 0.05) is 45.5 Å². The van der Waals surface area contributed by atoms with E-state index in [1.54, 1.807) is 16.8 Å². The van der Waals surface area contributed by atoms with E-state index in [0.717, 1.165) is 23.4 Å². The van der Waals surface area contributed by atoms with Gasteiger partial charge in [-0.05, 0) is 50.6 Å². The third-order valence-corrected chi connectivity index (χ3v) is 6.19. The van der Waals surface area contributed by atoms with Crippen LogP contribution in [0.4, 0.5) is 5.95 Å². The van der Waals surface area contributed by atoms with E-state index in [9.17, 15) is 15.0 Å². The maximum atomic E-state index is 13.7. The minimum absolute atomic E-state index is 0.211. The average Bonchev–Trinajstić information content (AvgIpc) is 2.88. The van der Waals surface area contributed by atoms with Crippen molar-refractivity contribution in [3.05, 3.63) is 69.7 Å². The number of hydrogen-bond donors (Lipinski definition) is 4. The lowest BCUT2D eigenvalue weighted by molar-refractivity contribution is 0.203. The number of benzene rings is 1. The Bertz CT molecular complexity index is 1420. The van der Waals surface area contributed by atoms with Gasteiger partial charge in [-0.3, -0.25) is 14.3 Å². The van der Waals surface area contributed by atoms with E-state index in [1.807, 2.05) is 43.3 Å². The molecule has 36 heavy (non-hydrogen) atoms. The van der Waals surface area contributed by atoms with Crippen LogP contribution in [0.5, 0.6) is 0 Å². The molecule has 4 rings (SSSR count). The van der Waals surface area contributed by atoms with Crippen LogP contribution in [0.15, 0.2) is 53.5 Å². The summed E-state index contributed by atoms with van der Waals surface area (Å²) in [5.41, 5.74) is 9.51. The highest BCUT2D eigenvalue weighted by Crippen LogP contribution is 2.31. The summed E-state index contributed by atoms with van der Waals surface area (Å²) in [6.45, 7) is 2.30. The van der Waals surface area contributed by atoms with Crippen LogP contribution in [-0.4, -0.2) is 55.5 Å². The largest absolute Gasteiger partial charge is 0.394 e. The molecule has 5 N–H and O–H groups in total. The van der Waals surface area contributed by atoms with Crippen molar-refractivity contribution in [3.8, 4) is 22.4 Å². The Morgan fingerprint density at radius 2 is 1.89 bits per heavy atom. The van der Waals surface area contributed by atoms with Crippen LogP contribution in [-0.2, 0) is 6.54 Å². The summed E-state index contributed by atoms with van der Waals surface area (Å²) in [6.07, 6.45) is 3.06. The molecular weight excluding hydrogens is 480 g/mol. The number of anilines is 1. The molecule has 1 aromatic carbocycles. The van der Waals surface area contributed by atoms with Crippen LogP contribution < -0.4 is 16.6 Å². The van der Waals surface area contributed by atoms with Crippen LogP contribution in [0, 0.1) is 6.92 Å². The molecule has 0 unspecified atom stereocenters. The van der Waals surface area contributed by atoms with E-state index in [0.29, 0.717) is 46.7 Å². The minimum Gasteiger partial charge on any atom is -0.394 e. The number of fused-ring (bicyclic) bond motifs is 1. The van der Waals surface area contributed by atoms with E-state index in [2.05, 4.69) is 20.3 Å². The lowest BCUT2D eigenvalue weighted by atomic mass is 10.0. The van der Waals surface area contributed by atoms with Crippen molar-refractivity contribution in [3.63, 3.8) is 0 Å². The molecule has 0 bridgehead atoms. The average molecular weight is 509 g/mol. The number of aliphatic hydroxyl groups is 2. The van der Waals surface area contributed by atoms with E-state index in [4.69, 9.17) is 17.3 Å². The number of aromatic nitrogens is 4. The second kappa shape index (κ2) is 11.6. The van der Waals surface area contributed by atoms with Crippen molar-refractivity contribution >= 4 is 28.6 Å². The molecule has 0 saturated heterocycles. The summed E-state index contributed by atoms with van der Waals surface area (Å²) in [5.74, 6) is 0.211. The van der Waals surface area contributed by atoms with Gasteiger partial charge in [0.25, 0.3) is 5.56 Å². The Hall–Kier alpha value is -3.37. The Morgan fingerprint density at radius 3 is 2.58 bits per heavy atom. The van der Waals surface area contributed by atoms with Crippen LogP contribution >= 0.6 is 11.6 Å². The molecule has 0 atom stereocenters. The number of halogens is 1. The van der Waals surface area contributed by atoms with Crippen LogP contribution in [0.3, 0.4) is 0 Å². The quantitative estimate of drug-likeness (QED) is 0.240. The highest BCUT2D eigenvalue weighted by molar-refractivity contribution is 6.33. The molecule has 10 heteroatoms. The SMILES string of the molecule is Cc1cccc(-c2ccc(-c3cc4cnc(NC(CO)CO)nc4n(CCCCN)c3=O)c(Cl)c2)n1. The number of aryl methyl sites for hydroxylation is 2. The third kappa shape index (κ3) is 5.55. The minimum atomic E-state index is -0.612. The summed E-state index contributed by atoms with van der Waals surface area (Å²) in [5, 5.41) is 22.7. The smallest absolute Gasteiger partial charge is 0.260 e. The summed E-state index contributed by atoms with van der Waals surface area (Å²) in [6, 6.07) is 12.5. The molecule has 3 aromatic heterocycles. The van der Waals surface area contributed by atoms with E-state index < -0.39 is 6.04 Å². The normalized spacial score (nSPS) is 11.4. The number of rotatable bonds is 10. The fourth-order valence-corrected chi connectivity index (χ4v) is 4.25. The molecule has 0 fully saturated rings. The molecule has 9 nitrogen and oxygen atoms in total. The number of hydrogen-bond acceptors (Lipinski definition) is 8. The fourth-order valence-electron chi connectivity index (χ4n) is 3.97. The Balaban J connectivity index is 1.81. The number of nitrogens with two attached hydrogens (primary N) is 1. The van der Waals surface area contributed by atoms with Gasteiger partial charge < -0.3 is 21.3 Å². The first-order valence-corrected chi connectivity index (χ1v) is 12.2. The predicted octanol–water partition coefficient (Wildman–Crippen LogP) is 2.99. The monoisotopic (exact) mass is 508 g/mol. The first-order valence-electron chi connectivity index (χ1n) is 11.8. The third-order valence-electron chi connectivity index (χ3n) is 5.88. The molecular formula is C26H29ClN6O3. The number of nitrogens with zero attached hydrogens (tertiary/aromatic N) is 4. The molecule has 0 aliphatic carbocycles. The molecule has 0 aliphatic rings. The number of pyridine rings is 2. The van der Waals surface area contributed by atoms with E-state index in [-0.39, 0.29) is 24.7 Å². The van der Waals surface area contributed by atoms with Crippen molar-refractivity contribution in [2.24, 2.45) is 5.73 Å². The Labute approximate surface area is 213 Å². The number of unbranched alkanes of at least 4 members (excludes halogenated alkanes) is 1. The fraction of sp³-hybridized carbons (Fsp3) is 0.308. The molecule has 3 heterocycles. The Morgan fingerprint density at radius 1 is 1.08 bits per heavy atom. The maximum absolute atomic E-state index is 13.7. The predicted molar refractivity (Wildman–Crippen MR) is 142 cm³/mol. The number of nitrogens with one attached hydrogen (secondary N) is 1. The van der Waals surface area contributed by atoms with Crippen LogP contribution in [0.2, 0.25) is 5.02 Å². The van der Waals surface area contributed by atoms with Gasteiger partial charge in [0.1, 0.15) is 5.65 Å². The van der Waals surface area contributed by atoms with E-state index >= 15 is 0 Å². The van der Waals surface area contributed by atoms with Gasteiger partial charge in [-0.25, -0.2) is 4.98 Å². The van der Waals surface area contributed by atoms with Gasteiger partial charge in [0.15, 0.2) is 0 Å². The van der Waals surface area contributed by atoms with Crippen molar-refractivity contribution in [2.75, 3.05) is 25.1 Å². The zero-order valence-corrected chi connectivity index (χ0v) is 20.7. The van der Waals surface area contributed by atoms with Crippen molar-refractivity contribution < 1.29 is 10.2 Å². The highest BCUT2D eigenvalue weighted by Gasteiger charge is 2.17. The zero-order chi connectivity index (χ0) is 25.7. The van der Waals surface area contributed by atoms with Crippen molar-refractivity contribution in [1.82, 2.24) is 19.5 Å². The molecule has 0 radical (unpaired) electrons. The summed E-state index contributed by atoms with van der Waals surface area (Å²) in [4.78, 5) is 27.1. The summed E-state index contributed by atoms with van der Waals surface area (Å²) in [7, 11) is 0. The van der Waals surface area contributed by atoms with Gasteiger partial charge in [-0.1, -0.05) is 29.8 Å². The molecule has 0 aliphatic heterocycles. The standard InChI is InChI=1S/C26H29ClN6O3/c1-16-5-4-6-23(30-16)17-7-8-20(22(27)12-17)21-11-18-13-29-26(31-19(14-34)15-35)32-24(18)33(25(21)36)10-3-2-9-28/h4-8,11-13,19,34-35H,2-3,9-10,14-15,28H2,1H3,(H,29,31,32). The van der Waals surface area contributed by atoms with Crippen molar-refractivity contribution in [2.45, 2.75) is 32.4 Å². The van der Waals surface area contributed by atoms with Gasteiger partial charge in [0.2, 0.25) is 5.95 Å². The number of aliphatic hydroxyl groups excluding tert-OH is 2. The highest BCUT2D eigenvalue weighted by atomic mass is 35.5. The van der Waals surface area contributed by atoms with Gasteiger partial charge in [-0.2, -0.15) is 4.98 Å². The first-order chi connectivity index (χ1) is 17.4. The molecule has 4 aromatic rings. The molecule has 0 saturated carbocycles. The lowest BCUT2D eigenvalue weighted by Gasteiger charge is -2.16. The first kappa shape index (κ1) is 25.7. The molecule has 188 valence electrons. The zero-order valence-electron chi connectivity index (χ0n) is 20.0. The second-order valence-corrected chi connectivity index (χ2v) is 8.96. The molecule has 0 spiro atoms. The van der Waals surface area contributed by atoms with Gasteiger partial charge in [0.05, 0.1) is 24.9 Å². The Kier molecular flexibility index (Phi) is 8.27.